The minimum absolute atomic E-state index is 0.208. The van der Waals surface area contributed by atoms with E-state index in [1.165, 1.54) is 11.3 Å². The number of halogens is 1. The van der Waals surface area contributed by atoms with Crippen molar-refractivity contribution in [2.24, 2.45) is 0 Å². The zero-order chi connectivity index (χ0) is 20.4. The summed E-state index contributed by atoms with van der Waals surface area (Å²) < 4.78 is 0.611. The van der Waals surface area contributed by atoms with E-state index in [0.717, 1.165) is 40.3 Å². The van der Waals surface area contributed by atoms with E-state index in [1.807, 2.05) is 30.3 Å². The molecule has 2 aromatic rings. The van der Waals surface area contributed by atoms with Crippen molar-refractivity contribution in [3.05, 3.63) is 56.6 Å². The number of thioether (sulfide) groups is 1. The van der Waals surface area contributed by atoms with Crippen LogP contribution in [0.4, 0.5) is 10.5 Å². The third-order valence-corrected chi connectivity index (χ3v) is 6.87. The fourth-order valence-electron chi connectivity index (χ4n) is 3.26. The standard InChI is InChI=1S/C20H18ClN3O3S2/c21-17-7-6-15(28-17)12-16-19(26)24(20(27)29-16)13-18(25)23-10-8-22(9-11-23)14-4-2-1-3-5-14/h1-7,12H,8-11,13H2/b16-12+. The van der Waals surface area contributed by atoms with Crippen LogP contribution in [0.15, 0.2) is 47.4 Å². The molecule has 2 aliphatic rings. The maximum absolute atomic E-state index is 12.7. The van der Waals surface area contributed by atoms with Crippen LogP contribution in [0.2, 0.25) is 4.34 Å². The van der Waals surface area contributed by atoms with Crippen LogP contribution in [-0.4, -0.2) is 59.6 Å². The molecule has 0 aliphatic carbocycles. The summed E-state index contributed by atoms with van der Waals surface area (Å²) in [6.45, 7) is 2.34. The molecule has 2 saturated heterocycles. The highest BCUT2D eigenvalue weighted by Crippen LogP contribution is 2.34. The zero-order valence-electron chi connectivity index (χ0n) is 15.4. The van der Waals surface area contributed by atoms with Gasteiger partial charge >= 0.3 is 0 Å². The number of nitrogens with zero attached hydrogens (tertiary/aromatic N) is 3. The van der Waals surface area contributed by atoms with Gasteiger partial charge in [0.2, 0.25) is 5.91 Å². The first-order chi connectivity index (χ1) is 14.0. The summed E-state index contributed by atoms with van der Waals surface area (Å²) in [4.78, 5) is 43.6. The van der Waals surface area contributed by atoms with Crippen LogP contribution in [0.3, 0.4) is 0 Å². The number of imide groups is 1. The predicted molar refractivity (Wildman–Crippen MR) is 117 cm³/mol. The normalized spacial score (nSPS) is 18.8. The molecule has 3 amide bonds. The summed E-state index contributed by atoms with van der Waals surface area (Å²) in [5.41, 5.74) is 1.13. The molecule has 2 fully saturated rings. The van der Waals surface area contributed by atoms with E-state index in [2.05, 4.69) is 4.90 Å². The molecule has 0 saturated carbocycles. The Balaban J connectivity index is 1.35. The van der Waals surface area contributed by atoms with E-state index in [0.29, 0.717) is 22.3 Å². The number of para-hydroxylation sites is 1. The molecule has 2 aliphatic heterocycles. The Labute approximate surface area is 181 Å². The first-order valence-corrected chi connectivity index (χ1v) is 11.1. The molecule has 9 heteroatoms. The summed E-state index contributed by atoms with van der Waals surface area (Å²) in [6, 6.07) is 13.6. The van der Waals surface area contributed by atoms with Crippen LogP contribution in [0.5, 0.6) is 0 Å². The number of piperazine rings is 1. The van der Waals surface area contributed by atoms with Crippen LogP contribution in [-0.2, 0) is 9.59 Å². The van der Waals surface area contributed by atoms with Crippen molar-refractivity contribution < 1.29 is 14.4 Å². The lowest BCUT2D eigenvalue weighted by Crippen LogP contribution is -2.51. The first-order valence-electron chi connectivity index (χ1n) is 9.10. The lowest BCUT2D eigenvalue weighted by atomic mass is 10.2. The van der Waals surface area contributed by atoms with Gasteiger partial charge < -0.3 is 9.80 Å². The van der Waals surface area contributed by atoms with E-state index in [-0.39, 0.29) is 12.5 Å². The Bertz CT molecular complexity index is 968. The molecular weight excluding hydrogens is 430 g/mol. The third-order valence-electron chi connectivity index (χ3n) is 4.79. The van der Waals surface area contributed by atoms with Gasteiger partial charge in [0, 0.05) is 36.7 Å². The van der Waals surface area contributed by atoms with Gasteiger partial charge in [-0.05, 0) is 42.1 Å². The van der Waals surface area contributed by atoms with Gasteiger partial charge in [-0.2, -0.15) is 0 Å². The highest BCUT2D eigenvalue weighted by Gasteiger charge is 2.37. The molecule has 0 N–H and O–H groups in total. The van der Waals surface area contributed by atoms with Gasteiger partial charge in [-0.15, -0.1) is 11.3 Å². The van der Waals surface area contributed by atoms with Crippen molar-refractivity contribution >= 4 is 63.5 Å². The topological polar surface area (TPSA) is 60.9 Å². The van der Waals surface area contributed by atoms with Crippen molar-refractivity contribution in [1.29, 1.82) is 0 Å². The van der Waals surface area contributed by atoms with E-state index in [1.54, 1.807) is 23.1 Å². The minimum atomic E-state index is -0.430. The van der Waals surface area contributed by atoms with Gasteiger partial charge in [0.15, 0.2) is 0 Å². The number of thiophene rings is 1. The molecule has 29 heavy (non-hydrogen) atoms. The van der Waals surface area contributed by atoms with Crippen molar-refractivity contribution in [3.63, 3.8) is 0 Å². The quantitative estimate of drug-likeness (QED) is 0.667. The van der Waals surface area contributed by atoms with Gasteiger partial charge in [-0.1, -0.05) is 29.8 Å². The number of amides is 3. The number of anilines is 1. The number of hydrogen-bond acceptors (Lipinski definition) is 6. The van der Waals surface area contributed by atoms with Crippen molar-refractivity contribution in [3.8, 4) is 0 Å². The second-order valence-corrected chi connectivity index (χ2v) is 9.35. The molecule has 6 nitrogen and oxygen atoms in total. The minimum Gasteiger partial charge on any atom is -0.368 e. The summed E-state index contributed by atoms with van der Waals surface area (Å²) >= 11 is 8.09. The van der Waals surface area contributed by atoms with Crippen LogP contribution in [0.25, 0.3) is 6.08 Å². The van der Waals surface area contributed by atoms with E-state index < -0.39 is 11.1 Å². The number of hydrogen-bond donors (Lipinski definition) is 0. The Morgan fingerprint density at radius 1 is 1.03 bits per heavy atom. The molecule has 0 spiro atoms. The molecule has 3 heterocycles. The zero-order valence-corrected chi connectivity index (χ0v) is 17.8. The number of benzene rings is 1. The van der Waals surface area contributed by atoms with Crippen molar-refractivity contribution in [2.45, 2.75) is 0 Å². The maximum Gasteiger partial charge on any atom is 0.294 e. The second kappa shape index (κ2) is 8.61. The van der Waals surface area contributed by atoms with Gasteiger partial charge in [0.1, 0.15) is 6.54 Å². The smallest absolute Gasteiger partial charge is 0.294 e. The Kier molecular flexibility index (Phi) is 5.94. The average molecular weight is 448 g/mol. The van der Waals surface area contributed by atoms with Gasteiger partial charge in [0.25, 0.3) is 11.1 Å². The highest BCUT2D eigenvalue weighted by molar-refractivity contribution is 8.18. The van der Waals surface area contributed by atoms with Crippen LogP contribution >= 0.6 is 34.7 Å². The number of carbonyl (C=O) groups excluding carboxylic acids is 3. The largest absolute Gasteiger partial charge is 0.368 e. The molecule has 1 aromatic heterocycles. The molecule has 0 bridgehead atoms. The molecule has 0 radical (unpaired) electrons. The van der Waals surface area contributed by atoms with Crippen LogP contribution < -0.4 is 4.90 Å². The molecule has 1 aromatic carbocycles. The summed E-state index contributed by atoms with van der Waals surface area (Å²) in [6.07, 6.45) is 1.64. The molecule has 150 valence electrons. The van der Waals surface area contributed by atoms with Crippen molar-refractivity contribution in [1.82, 2.24) is 9.80 Å². The lowest BCUT2D eigenvalue weighted by molar-refractivity contribution is -0.136. The Hall–Kier alpha value is -2.29. The lowest BCUT2D eigenvalue weighted by Gasteiger charge is -2.36. The van der Waals surface area contributed by atoms with Gasteiger partial charge in [0.05, 0.1) is 9.24 Å². The van der Waals surface area contributed by atoms with Gasteiger partial charge in [-0.3, -0.25) is 19.3 Å². The monoisotopic (exact) mass is 447 g/mol. The fourth-order valence-corrected chi connectivity index (χ4v) is 5.17. The van der Waals surface area contributed by atoms with E-state index in [4.69, 9.17) is 11.6 Å². The Morgan fingerprint density at radius 2 is 1.76 bits per heavy atom. The second-order valence-electron chi connectivity index (χ2n) is 6.61. The highest BCUT2D eigenvalue weighted by atomic mass is 35.5. The average Bonchev–Trinajstić information content (AvgIpc) is 3.26. The summed E-state index contributed by atoms with van der Waals surface area (Å²) in [5.74, 6) is -0.638. The summed E-state index contributed by atoms with van der Waals surface area (Å²) in [5, 5.41) is -0.417. The maximum atomic E-state index is 12.7. The van der Waals surface area contributed by atoms with E-state index in [9.17, 15) is 14.4 Å². The fraction of sp³-hybridized carbons (Fsp3) is 0.250. The third kappa shape index (κ3) is 4.49. The van der Waals surface area contributed by atoms with Gasteiger partial charge in [-0.25, -0.2) is 0 Å². The molecular formula is C20H18ClN3O3S2. The number of rotatable bonds is 4. The van der Waals surface area contributed by atoms with Crippen LogP contribution in [0.1, 0.15) is 4.88 Å². The predicted octanol–water partition coefficient (Wildman–Crippen LogP) is 3.79. The van der Waals surface area contributed by atoms with E-state index >= 15 is 0 Å². The number of carbonyl (C=O) groups is 3. The molecule has 0 atom stereocenters. The molecule has 4 rings (SSSR count). The first kappa shape index (κ1) is 20.0. The van der Waals surface area contributed by atoms with Crippen LogP contribution in [0, 0.1) is 0 Å². The summed E-state index contributed by atoms with van der Waals surface area (Å²) in [7, 11) is 0. The Morgan fingerprint density at radius 3 is 2.41 bits per heavy atom. The SMILES string of the molecule is O=C(CN1C(=O)S/C(=C/c2ccc(Cl)s2)C1=O)N1CCN(c2ccccc2)CC1. The van der Waals surface area contributed by atoms with Crippen molar-refractivity contribution in [2.75, 3.05) is 37.6 Å². The molecule has 0 unspecified atom stereocenters.